The van der Waals surface area contributed by atoms with Crippen LogP contribution in [0.15, 0.2) is 0 Å². The van der Waals surface area contributed by atoms with Crippen molar-refractivity contribution in [1.29, 1.82) is 0 Å². The van der Waals surface area contributed by atoms with Crippen LogP contribution in [0.5, 0.6) is 0 Å². The van der Waals surface area contributed by atoms with E-state index in [9.17, 15) is 4.79 Å². The van der Waals surface area contributed by atoms with Crippen molar-refractivity contribution in [2.75, 3.05) is 43.1 Å². The third kappa shape index (κ3) is 3.51. The molecule has 2 fully saturated rings. The Morgan fingerprint density at radius 2 is 2.10 bits per heavy atom. The molecule has 0 bridgehead atoms. The number of hydrogen-bond donors (Lipinski definition) is 2. The Morgan fingerprint density at radius 3 is 2.86 bits per heavy atom. The summed E-state index contributed by atoms with van der Waals surface area (Å²) < 4.78 is 5.30. The normalized spacial score (nSPS) is 22.8. The van der Waals surface area contributed by atoms with E-state index < -0.39 is 0 Å². The van der Waals surface area contributed by atoms with Gasteiger partial charge in [-0.25, -0.2) is 0 Å². The topological polar surface area (TPSA) is 92.3 Å². The fourth-order valence-electron chi connectivity index (χ4n) is 2.37. The molecule has 1 aromatic heterocycles. The highest BCUT2D eigenvalue weighted by Gasteiger charge is 2.23. The number of carbonyl (C=O) groups excluding carboxylic acids is 1. The number of piperidine rings is 1. The molecular formula is C12H17ClN6O2. The molecule has 1 aromatic rings. The summed E-state index contributed by atoms with van der Waals surface area (Å²) in [5, 5.41) is 5.96. The first-order chi connectivity index (χ1) is 10.2. The maximum Gasteiger partial charge on any atom is 0.242 e. The van der Waals surface area contributed by atoms with Crippen LogP contribution in [0.4, 0.5) is 11.9 Å². The molecule has 2 N–H and O–H groups in total. The second-order valence-corrected chi connectivity index (χ2v) is 5.30. The molecule has 3 heterocycles. The Hall–Kier alpha value is -1.67. The lowest BCUT2D eigenvalue weighted by molar-refractivity contribution is -0.123. The number of anilines is 2. The minimum atomic E-state index is -0.324. The van der Waals surface area contributed by atoms with Crippen LogP contribution >= 0.6 is 11.6 Å². The van der Waals surface area contributed by atoms with Gasteiger partial charge in [0.2, 0.25) is 23.1 Å². The number of hydrogen-bond acceptors (Lipinski definition) is 7. The minimum Gasteiger partial charge on any atom is -0.378 e. The fraction of sp³-hybridized carbons (Fsp3) is 0.667. The van der Waals surface area contributed by atoms with Crippen LogP contribution in [-0.2, 0) is 9.53 Å². The van der Waals surface area contributed by atoms with Crippen LogP contribution in [0.3, 0.4) is 0 Å². The lowest BCUT2D eigenvalue weighted by Crippen LogP contribution is -2.44. The van der Waals surface area contributed by atoms with Gasteiger partial charge in [-0.3, -0.25) is 4.79 Å². The Balaban J connectivity index is 1.75. The summed E-state index contributed by atoms with van der Waals surface area (Å²) in [7, 11) is 0. The monoisotopic (exact) mass is 312 g/mol. The van der Waals surface area contributed by atoms with Gasteiger partial charge in [-0.2, -0.15) is 15.0 Å². The van der Waals surface area contributed by atoms with E-state index in [0.29, 0.717) is 44.7 Å². The third-order valence-corrected chi connectivity index (χ3v) is 3.65. The molecule has 0 saturated carbocycles. The van der Waals surface area contributed by atoms with Crippen molar-refractivity contribution in [2.24, 2.45) is 0 Å². The third-order valence-electron chi connectivity index (χ3n) is 3.48. The maximum atomic E-state index is 11.8. The highest BCUT2D eigenvalue weighted by Crippen LogP contribution is 2.17. The molecule has 0 spiro atoms. The summed E-state index contributed by atoms with van der Waals surface area (Å²) in [6.45, 7) is 3.41. The maximum absolute atomic E-state index is 11.8. The van der Waals surface area contributed by atoms with Gasteiger partial charge in [0.05, 0.1) is 13.2 Å². The largest absolute Gasteiger partial charge is 0.378 e. The Labute approximate surface area is 127 Å². The highest BCUT2D eigenvalue weighted by molar-refractivity contribution is 6.28. The molecule has 9 heteroatoms. The molecule has 21 heavy (non-hydrogen) atoms. The van der Waals surface area contributed by atoms with Crippen LogP contribution in [-0.4, -0.2) is 59.7 Å². The van der Waals surface area contributed by atoms with Gasteiger partial charge in [0.25, 0.3) is 0 Å². The molecule has 114 valence electrons. The summed E-state index contributed by atoms with van der Waals surface area (Å²) in [6.07, 6.45) is 1.68. The molecule has 2 saturated heterocycles. The fourth-order valence-corrected chi connectivity index (χ4v) is 2.53. The number of nitrogens with zero attached hydrogens (tertiary/aromatic N) is 4. The summed E-state index contributed by atoms with van der Waals surface area (Å²) in [5.74, 6) is 0.807. The predicted molar refractivity (Wildman–Crippen MR) is 77.5 cm³/mol. The zero-order valence-electron chi connectivity index (χ0n) is 11.5. The summed E-state index contributed by atoms with van der Waals surface area (Å²) in [5.41, 5.74) is 0. The van der Waals surface area contributed by atoms with Gasteiger partial charge in [-0.1, -0.05) is 0 Å². The van der Waals surface area contributed by atoms with Crippen LogP contribution in [0.1, 0.15) is 12.8 Å². The van der Waals surface area contributed by atoms with Gasteiger partial charge in [0, 0.05) is 19.6 Å². The molecule has 0 aliphatic carbocycles. The second kappa shape index (κ2) is 6.40. The zero-order valence-corrected chi connectivity index (χ0v) is 12.3. The smallest absolute Gasteiger partial charge is 0.242 e. The van der Waals surface area contributed by atoms with E-state index in [-0.39, 0.29) is 17.2 Å². The first-order valence-electron chi connectivity index (χ1n) is 7.01. The highest BCUT2D eigenvalue weighted by atomic mass is 35.5. The van der Waals surface area contributed by atoms with E-state index >= 15 is 0 Å². The van der Waals surface area contributed by atoms with Crippen LogP contribution < -0.4 is 15.5 Å². The molecule has 1 unspecified atom stereocenters. The lowest BCUT2D eigenvalue weighted by atomic mass is 10.1. The Bertz CT molecular complexity index is 522. The number of amides is 1. The number of aromatic nitrogens is 3. The number of ether oxygens (including phenoxy) is 1. The van der Waals surface area contributed by atoms with Gasteiger partial charge in [0.15, 0.2) is 0 Å². The average molecular weight is 313 g/mol. The SMILES string of the molecule is O=C1NCCCC1Nc1nc(Cl)nc(N2CCOCC2)n1. The van der Waals surface area contributed by atoms with Crippen molar-refractivity contribution in [2.45, 2.75) is 18.9 Å². The molecule has 2 aliphatic heterocycles. The van der Waals surface area contributed by atoms with E-state index in [1.165, 1.54) is 0 Å². The van der Waals surface area contributed by atoms with Crippen LogP contribution in [0.25, 0.3) is 0 Å². The van der Waals surface area contributed by atoms with Crippen molar-refractivity contribution in [3.05, 3.63) is 5.28 Å². The molecule has 8 nitrogen and oxygen atoms in total. The van der Waals surface area contributed by atoms with Crippen molar-refractivity contribution in [1.82, 2.24) is 20.3 Å². The minimum absolute atomic E-state index is 0.0364. The van der Waals surface area contributed by atoms with Crippen molar-refractivity contribution < 1.29 is 9.53 Å². The molecular weight excluding hydrogens is 296 g/mol. The van der Waals surface area contributed by atoms with Crippen molar-refractivity contribution in [3.63, 3.8) is 0 Å². The van der Waals surface area contributed by atoms with Gasteiger partial charge in [0.1, 0.15) is 6.04 Å². The lowest BCUT2D eigenvalue weighted by Gasteiger charge is -2.27. The van der Waals surface area contributed by atoms with Gasteiger partial charge in [-0.15, -0.1) is 0 Å². The van der Waals surface area contributed by atoms with Crippen LogP contribution in [0.2, 0.25) is 5.28 Å². The standard InChI is InChI=1S/C12H17ClN6O2/c13-10-16-11(15-8-2-1-3-14-9(8)20)18-12(17-10)19-4-6-21-7-5-19/h8H,1-7H2,(H,14,20)(H,15,16,17,18). The molecule has 1 amide bonds. The first kappa shape index (κ1) is 14.3. The van der Waals surface area contributed by atoms with Crippen LogP contribution in [0, 0.1) is 0 Å². The number of carbonyl (C=O) groups is 1. The predicted octanol–water partition coefficient (Wildman–Crippen LogP) is 0.0521. The zero-order chi connectivity index (χ0) is 14.7. The molecule has 1 atom stereocenters. The number of nitrogens with one attached hydrogen (secondary N) is 2. The van der Waals surface area contributed by atoms with Crippen molar-refractivity contribution >= 4 is 29.4 Å². The van der Waals surface area contributed by atoms with Crippen molar-refractivity contribution in [3.8, 4) is 0 Å². The molecule has 0 radical (unpaired) electrons. The Morgan fingerprint density at radius 1 is 1.29 bits per heavy atom. The van der Waals surface area contributed by atoms with Gasteiger partial charge >= 0.3 is 0 Å². The van der Waals surface area contributed by atoms with E-state index in [0.717, 1.165) is 12.8 Å². The summed E-state index contributed by atoms with van der Waals surface area (Å²) >= 11 is 5.96. The van der Waals surface area contributed by atoms with E-state index in [1.807, 2.05) is 4.90 Å². The molecule has 0 aromatic carbocycles. The quantitative estimate of drug-likeness (QED) is 0.815. The summed E-state index contributed by atoms with van der Waals surface area (Å²) in [4.78, 5) is 26.3. The molecule has 2 aliphatic rings. The second-order valence-electron chi connectivity index (χ2n) is 4.96. The first-order valence-corrected chi connectivity index (χ1v) is 7.39. The van der Waals surface area contributed by atoms with E-state index in [2.05, 4.69) is 25.6 Å². The number of rotatable bonds is 3. The van der Waals surface area contributed by atoms with E-state index in [4.69, 9.17) is 16.3 Å². The molecule has 3 rings (SSSR count). The van der Waals surface area contributed by atoms with Gasteiger partial charge in [-0.05, 0) is 24.4 Å². The Kier molecular flexibility index (Phi) is 4.35. The number of halogens is 1. The van der Waals surface area contributed by atoms with Gasteiger partial charge < -0.3 is 20.3 Å². The average Bonchev–Trinajstić information content (AvgIpc) is 2.50. The van der Waals surface area contributed by atoms with E-state index in [1.54, 1.807) is 0 Å². The summed E-state index contributed by atoms with van der Waals surface area (Å²) in [6, 6.07) is -0.324. The number of morpholine rings is 1.